The molecule has 0 amide bonds. The topological polar surface area (TPSA) is 64.4 Å². The van der Waals surface area contributed by atoms with Crippen molar-refractivity contribution in [1.29, 1.82) is 0 Å². The van der Waals surface area contributed by atoms with Gasteiger partial charge in [-0.05, 0) is 30.7 Å². The molecule has 4 N–H and O–H groups in total. The molecule has 0 aliphatic carbocycles. The fourth-order valence-corrected chi connectivity index (χ4v) is 1.25. The fourth-order valence-electron chi connectivity index (χ4n) is 0.959. The van der Waals surface area contributed by atoms with Crippen LogP contribution in [0, 0.1) is 6.92 Å². The molecule has 0 atom stereocenters. The SMILES string of the molecule is Cc1cc(Cl)cc(/C(N)=N/N)c1. The van der Waals surface area contributed by atoms with Crippen molar-refractivity contribution in [2.45, 2.75) is 6.92 Å². The number of hydrogen-bond donors (Lipinski definition) is 2. The Balaban J connectivity index is 3.17. The van der Waals surface area contributed by atoms with Crippen molar-refractivity contribution in [2.24, 2.45) is 16.7 Å². The molecule has 12 heavy (non-hydrogen) atoms. The number of amidine groups is 1. The highest BCUT2D eigenvalue weighted by Gasteiger charge is 1.99. The molecule has 0 bridgehead atoms. The van der Waals surface area contributed by atoms with Gasteiger partial charge in [-0.3, -0.25) is 0 Å². The third-order valence-corrected chi connectivity index (χ3v) is 1.70. The van der Waals surface area contributed by atoms with E-state index in [0.717, 1.165) is 11.1 Å². The summed E-state index contributed by atoms with van der Waals surface area (Å²) in [6.45, 7) is 1.93. The first-order chi connectivity index (χ1) is 5.63. The predicted molar refractivity (Wildman–Crippen MR) is 51.1 cm³/mol. The Kier molecular flexibility index (Phi) is 2.55. The smallest absolute Gasteiger partial charge is 0.150 e. The van der Waals surface area contributed by atoms with Crippen molar-refractivity contribution in [1.82, 2.24) is 0 Å². The lowest BCUT2D eigenvalue weighted by molar-refractivity contribution is 1.23. The number of benzene rings is 1. The number of halogens is 1. The number of rotatable bonds is 1. The zero-order valence-electron chi connectivity index (χ0n) is 6.71. The van der Waals surface area contributed by atoms with E-state index in [0.29, 0.717) is 10.9 Å². The molecule has 64 valence electrons. The van der Waals surface area contributed by atoms with Crippen molar-refractivity contribution in [2.75, 3.05) is 0 Å². The average Bonchev–Trinajstić information content (AvgIpc) is 2.01. The highest BCUT2D eigenvalue weighted by Crippen LogP contribution is 2.13. The lowest BCUT2D eigenvalue weighted by Crippen LogP contribution is -2.15. The van der Waals surface area contributed by atoms with Crippen LogP contribution in [0.15, 0.2) is 23.3 Å². The Morgan fingerprint density at radius 3 is 2.58 bits per heavy atom. The van der Waals surface area contributed by atoms with Gasteiger partial charge < -0.3 is 11.6 Å². The lowest BCUT2D eigenvalue weighted by atomic mass is 10.1. The molecule has 0 aromatic heterocycles. The highest BCUT2D eigenvalue weighted by atomic mass is 35.5. The summed E-state index contributed by atoms with van der Waals surface area (Å²) in [6, 6.07) is 5.44. The first-order valence-electron chi connectivity index (χ1n) is 3.44. The maximum atomic E-state index is 5.80. The second-order valence-corrected chi connectivity index (χ2v) is 2.97. The van der Waals surface area contributed by atoms with E-state index >= 15 is 0 Å². The maximum absolute atomic E-state index is 5.80. The number of nitrogens with zero attached hydrogens (tertiary/aromatic N) is 1. The number of aryl methyl sites for hydroxylation is 1. The van der Waals surface area contributed by atoms with Gasteiger partial charge in [-0.15, -0.1) is 0 Å². The fraction of sp³-hybridized carbons (Fsp3) is 0.125. The van der Waals surface area contributed by atoms with Crippen LogP contribution in [0.25, 0.3) is 0 Å². The minimum atomic E-state index is 0.292. The summed E-state index contributed by atoms with van der Waals surface area (Å²) in [6.07, 6.45) is 0. The van der Waals surface area contributed by atoms with E-state index < -0.39 is 0 Å². The monoisotopic (exact) mass is 183 g/mol. The molecule has 3 nitrogen and oxygen atoms in total. The van der Waals surface area contributed by atoms with Gasteiger partial charge in [-0.25, -0.2) is 0 Å². The van der Waals surface area contributed by atoms with Gasteiger partial charge in [-0.1, -0.05) is 11.6 Å². The first-order valence-corrected chi connectivity index (χ1v) is 3.82. The molecule has 0 aliphatic heterocycles. The quantitative estimate of drug-likeness (QED) is 0.298. The van der Waals surface area contributed by atoms with Gasteiger partial charge in [0, 0.05) is 10.6 Å². The molecule has 0 aliphatic rings. The van der Waals surface area contributed by atoms with Crippen LogP contribution in [0.2, 0.25) is 5.02 Å². The van der Waals surface area contributed by atoms with Crippen LogP contribution >= 0.6 is 11.6 Å². The first kappa shape index (κ1) is 8.87. The molecule has 1 rings (SSSR count). The summed E-state index contributed by atoms with van der Waals surface area (Å²) in [5.74, 6) is 5.32. The normalized spacial score (nSPS) is 11.7. The molecule has 0 fully saturated rings. The minimum absolute atomic E-state index is 0.292. The van der Waals surface area contributed by atoms with E-state index in [1.54, 1.807) is 6.07 Å². The second kappa shape index (κ2) is 3.45. The molecule has 1 aromatic carbocycles. The minimum Gasteiger partial charge on any atom is -0.382 e. The third kappa shape index (κ3) is 1.89. The Morgan fingerprint density at radius 2 is 2.08 bits per heavy atom. The Bertz CT molecular complexity index is 300. The van der Waals surface area contributed by atoms with Crippen molar-refractivity contribution in [3.8, 4) is 0 Å². The van der Waals surface area contributed by atoms with E-state index in [4.69, 9.17) is 23.2 Å². The van der Waals surface area contributed by atoms with Gasteiger partial charge >= 0.3 is 0 Å². The number of hydrogen-bond acceptors (Lipinski definition) is 2. The van der Waals surface area contributed by atoms with Crippen molar-refractivity contribution in [3.05, 3.63) is 34.3 Å². The largest absolute Gasteiger partial charge is 0.382 e. The summed E-state index contributed by atoms with van der Waals surface area (Å²) < 4.78 is 0. The summed E-state index contributed by atoms with van der Waals surface area (Å²) >= 11 is 5.80. The molecule has 0 saturated carbocycles. The van der Waals surface area contributed by atoms with Crippen LogP contribution in [0.1, 0.15) is 11.1 Å². The van der Waals surface area contributed by atoms with Gasteiger partial charge in [0.15, 0.2) is 0 Å². The van der Waals surface area contributed by atoms with Crippen LogP contribution in [-0.2, 0) is 0 Å². The standard InChI is InChI=1S/C8H10ClN3/c1-5-2-6(8(10)12-11)4-7(9)3-5/h2-4H,11H2,1H3,(H2,10,12). The van der Waals surface area contributed by atoms with Gasteiger partial charge in [0.2, 0.25) is 0 Å². The number of hydrazone groups is 1. The zero-order valence-corrected chi connectivity index (χ0v) is 7.47. The Labute approximate surface area is 76.0 Å². The van der Waals surface area contributed by atoms with E-state index in [9.17, 15) is 0 Å². The van der Waals surface area contributed by atoms with Gasteiger partial charge in [-0.2, -0.15) is 5.10 Å². The van der Waals surface area contributed by atoms with E-state index in [1.807, 2.05) is 19.1 Å². The molecular formula is C8H10ClN3. The number of nitrogens with two attached hydrogens (primary N) is 2. The van der Waals surface area contributed by atoms with Crippen LogP contribution in [-0.4, -0.2) is 5.84 Å². The van der Waals surface area contributed by atoms with Crippen molar-refractivity contribution in [3.63, 3.8) is 0 Å². The van der Waals surface area contributed by atoms with Crippen LogP contribution < -0.4 is 11.6 Å². The Morgan fingerprint density at radius 1 is 1.42 bits per heavy atom. The molecule has 0 unspecified atom stereocenters. The summed E-state index contributed by atoms with van der Waals surface area (Å²) in [5.41, 5.74) is 7.28. The van der Waals surface area contributed by atoms with Crippen LogP contribution in [0.4, 0.5) is 0 Å². The van der Waals surface area contributed by atoms with Gasteiger partial charge in [0.25, 0.3) is 0 Å². The van der Waals surface area contributed by atoms with E-state index in [-0.39, 0.29) is 0 Å². The molecule has 0 heterocycles. The Hall–Kier alpha value is -1.22. The van der Waals surface area contributed by atoms with Crippen molar-refractivity contribution < 1.29 is 0 Å². The lowest BCUT2D eigenvalue weighted by Gasteiger charge is -2.01. The molecule has 0 saturated heterocycles. The van der Waals surface area contributed by atoms with Crippen LogP contribution in [0.3, 0.4) is 0 Å². The van der Waals surface area contributed by atoms with Gasteiger partial charge in [0.05, 0.1) is 0 Å². The summed E-state index contributed by atoms with van der Waals surface area (Å²) in [7, 11) is 0. The van der Waals surface area contributed by atoms with Gasteiger partial charge in [0.1, 0.15) is 5.84 Å². The average molecular weight is 184 g/mol. The van der Waals surface area contributed by atoms with E-state index in [2.05, 4.69) is 5.10 Å². The third-order valence-electron chi connectivity index (χ3n) is 1.48. The summed E-state index contributed by atoms with van der Waals surface area (Å²) in [5, 5.41) is 4.01. The molecular weight excluding hydrogens is 174 g/mol. The summed E-state index contributed by atoms with van der Waals surface area (Å²) in [4.78, 5) is 0. The predicted octanol–water partition coefficient (Wildman–Crippen LogP) is 1.23. The van der Waals surface area contributed by atoms with Crippen LogP contribution in [0.5, 0.6) is 0 Å². The maximum Gasteiger partial charge on any atom is 0.150 e. The highest BCUT2D eigenvalue weighted by molar-refractivity contribution is 6.31. The second-order valence-electron chi connectivity index (χ2n) is 2.53. The molecule has 4 heteroatoms. The molecule has 0 radical (unpaired) electrons. The zero-order chi connectivity index (χ0) is 9.14. The van der Waals surface area contributed by atoms with Crippen molar-refractivity contribution >= 4 is 17.4 Å². The molecule has 0 spiro atoms. The van der Waals surface area contributed by atoms with E-state index in [1.165, 1.54) is 0 Å². The molecule has 1 aromatic rings.